The van der Waals surface area contributed by atoms with Crippen LogP contribution >= 0.6 is 0 Å². The van der Waals surface area contributed by atoms with Gasteiger partial charge in [0, 0.05) is 32.7 Å². The maximum Gasteiger partial charge on any atom is 0.354 e. The van der Waals surface area contributed by atoms with E-state index in [-0.39, 0.29) is 17.4 Å². The molecule has 0 aromatic carbocycles. The zero-order valence-electron chi connectivity index (χ0n) is 11.6. The molecule has 0 atom stereocenters. The Labute approximate surface area is 120 Å². The van der Waals surface area contributed by atoms with Gasteiger partial charge in [0.15, 0.2) is 11.4 Å². The van der Waals surface area contributed by atoms with Crippen molar-refractivity contribution in [2.45, 2.75) is 6.92 Å². The number of H-pyrrole nitrogens is 1. The number of aromatic nitrogens is 2. The number of amides is 3. The Bertz CT molecular complexity index is 548. The van der Waals surface area contributed by atoms with E-state index in [4.69, 9.17) is 5.11 Å². The molecule has 1 aliphatic rings. The summed E-state index contributed by atoms with van der Waals surface area (Å²) in [5, 5.41) is 11.7. The molecule has 3 amide bonds. The summed E-state index contributed by atoms with van der Waals surface area (Å²) in [6, 6.07) is -0.157. The van der Waals surface area contributed by atoms with E-state index in [0.717, 1.165) is 0 Å². The van der Waals surface area contributed by atoms with E-state index in [9.17, 15) is 14.4 Å². The lowest BCUT2D eigenvalue weighted by molar-refractivity contribution is 0.0631. The van der Waals surface area contributed by atoms with Crippen molar-refractivity contribution in [3.05, 3.63) is 17.7 Å². The fraction of sp³-hybridized carbons (Fsp3) is 0.500. The number of urea groups is 1. The summed E-state index contributed by atoms with van der Waals surface area (Å²) in [5.41, 5.74) is -0.319. The number of aromatic amines is 1. The summed E-state index contributed by atoms with van der Waals surface area (Å²) in [6.07, 6.45) is 1.18. The second-order valence-electron chi connectivity index (χ2n) is 4.55. The average Bonchev–Trinajstić information content (AvgIpc) is 2.96. The van der Waals surface area contributed by atoms with Gasteiger partial charge in [0.2, 0.25) is 0 Å². The van der Waals surface area contributed by atoms with Gasteiger partial charge in [-0.3, -0.25) is 4.79 Å². The predicted octanol–water partition coefficient (Wildman–Crippen LogP) is -0.405. The number of carbonyl (C=O) groups excluding carboxylic acids is 2. The number of carboxylic acids is 1. The van der Waals surface area contributed by atoms with Crippen LogP contribution in [-0.4, -0.2) is 75.5 Å². The minimum absolute atomic E-state index is 0.103. The first-order chi connectivity index (χ1) is 10.0. The maximum absolute atomic E-state index is 12.2. The van der Waals surface area contributed by atoms with Crippen molar-refractivity contribution in [1.29, 1.82) is 0 Å². The molecule has 0 saturated carbocycles. The standard InChI is InChI=1S/C12H17N5O4/c1-2-13-12(21)17-5-3-16(4-6-17)10(18)8-9(11(19)20)15-7-14-8/h7H,2-6H2,1H3,(H,13,21)(H,14,15)(H,19,20). The lowest BCUT2D eigenvalue weighted by atomic mass is 10.2. The molecule has 9 nitrogen and oxygen atoms in total. The van der Waals surface area contributed by atoms with Gasteiger partial charge in [-0.1, -0.05) is 0 Å². The van der Waals surface area contributed by atoms with Crippen molar-refractivity contribution in [3.8, 4) is 0 Å². The van der Waals surface area contributed by atoms with Crippen molar-refractivity contribution in [1.82, 2.24) is 25.1 Å². The summed E-state index contributed by atoms with van der Waals surface area (Å²) >= 11 is 0. The second-order valence-corrected chi connectivity index (χ2v) is 4.55. The summed E-state index contributed by atoms with van der Waals surface area (Å²) in [4.78, 5) is 44.2. The number of nitrogens with one attached hydrogen (secondary N) is 2. The number of nitrogens with zero attached hydrogens (tertiary/aromatic N) is 3. The zero-order valence-corrected chi connectivity index (χ0v) is 11.6. The third-order valence-corrected chi connectivity index (χ3v) is 3.24. The molecule has 1 aliphatic heterocycles. The van der Waals surface area contributed by atoms with Crippen LogP contribution in [0.1, 0.15) is 27.9 Å². The average molecular weight is 295 g/mol. The van der Waals surface area contributed by atoms with E-state index in [2.05, 4.69) is 15.3 Å². The molecule has 0 aliphatic carbocycles. The normalized spacial score (nSPS) is 14.9. The number of carboxylic acid groups (broad SMARTS) is 1. The minimum Gasteiger partial charge on any atom is -0.477 e. The molecule has 0 spiro atoms. The lowest BCUT2D eigenvalue weighted by Gasteiger charge is -2.34. The highest BCUT2D eigenvalue weighted by molar-refractivity contribution is 6.02. The van der Waals surface area contributed by atoms with Crippen molar-refractivity contribution in [3.63, 3.8) is 0 Å². The molecule has 1 aromatic heterocycles. The molecule has 2 heterocycles. The second kappa shape index (κ2) is 6.25. The number of hydrogen-bond acceptors (Lipinski definition) is 4. The smallest absolute Gasteiger partial charge is 0.354 e. The lowest BCUT2D eigenvalue weighted by Crippen LogP contribution is -2.53. The fourth-order valence-electron chi connectivity index (χ4n) is 2.14. The van der Waals surface area contributed by atoms with Gasteiger partial charge in [0.1, 0.15) is 0 Å². The Morgan fingerprint density at radius 3 is 2.48 bits per heavy atom. The molecule has 1 saturated heterocycles. The predicted molar refractivity (Wildman–Crippen MR) is 72.1 cm³/mol. The SMILES string of the molecule is CCNC(=O)N1CCN(C(=O)c2nc[nH]c2C(=O)O)CC1. The minimum atomic E-state index is -1.23. The van der Waals surface area contributed by atoms with Crippen LogP contribution in [0.5, 0.6) is 0 Å². The zero-order chi connectivity index (χ0) is 15.4. The molecule has 1 aromatic rings. The van der Waals surface area contributed by atoms with Crippen LogP contribution in [0.3, 0.4) is 0 Å². The number of imidazole rings is 1. The van der Waals surface area contributed by atoms with Crippen LogP contribution < -0.4 is 5.32 Å². The van der Waals surface area contributed by atoms with Crippen molar-refractivity contribution >= 4 is 17.9 Å². The van der Waals surface area contributed by atoms with Crippen LogP contribution in [0, 0.1) is 0 Å². The van der Waals surface area contributed by atoms with Crippen molar-refractivity contribution in [2.24, 2.45) is 0 Å². The Morgan fingerprint density at radius 1 is 1.29 bits per heavy atom. The summed E-state index contributed by atoms with van der Waals surface area (Å²) < 4.78 is 0. The molecule has 0 bridgehead atoms. The van der Waals surface area contributed by atoms with Gasteiger partial charge >= 0.3 is 12.0 Å². The fourth-order valence-corrected chi connectivity index (χ4v) is 2.14. The topological polar surface area (TPSA) is 119 Å². The Morgan fingerprint density at radius 2 is 1.90 bits per heavy atom. The van der Waals surface area contributed by atoms with Gasteiger partial charge in [-0.05, 0) is 6.92 Å². The van der Waals surface area contributed by atoms with Gasteiger partial charge in [-0.25, -0.2) is 14.6 Å². The monoisotopic (exact) mass is 295 g/mol. The Kier molecular flexibility index (Phi) is 4.41. The van der Waals surface area contributed by atoms with E-state index in [1.54, 1.807) is 4.90 Å². The molecule has 0 radical (unpaired) electrons. The molecular weight excluding hydrogens is 278 g/mol. The molecule has 1 fully saturated rings. The number of hydrogen-bond donors (Lipinski definition) is 3. The number of piperazine rings is 1. The van der Waals surface area contributed by atoms with Crippen LogP contribution in [0.25, 0.3) is 0 Å². The molecule has 2 rings (SSSR count). The Hall–Kier alpha value is -2.58. The first kappa shape index (κ1) is 14.8. The largest absolute Gasteiger partial charge is 0.477 e. The van der Waals surface area contributed by atoms with Crippen LogP contribution in [0.2, 0.25) is 0 Å². The summed E-state index contributed by atoms with van der Waals surface area (Å²) in [5.74, 6) is -1.67. The van der Waals surface area contributed by atoms with Crippen molar-refractivity contribution < 1.29 is 19.5 Å². The van der Waals surface area contributed by atoms with Crippen molar-refractivity contribution in [2.75, 3.05) is 32.7 Å². The highest BCUT2D eigenvalue weighted by Crippen LogP contribution is 2.10. The van der Waals surface area contributed by atoms with E-state index in [1.807, 2.05) is 6.92 Å². The molecule has 9 heteroatoms. The van der Waals surface area contributed by atoms with Gasteiger partial charge in [0.25, 0.3) is 5.91 Å². The summed E-state index contributed by atoms with van der Waals surface area (Å²) in [7, 11) is 0. The molecule has 3 N–H and O–H groups in total. The van der Waals surface area contributed by atoms with Crippen LogP contribution in [0.4, 0.5) is 4.79 Å². The first-order valence-corrected chi connectivity index (χ1v) is 6.63. The van der Waals surface area contributed by atoms with Gasteiger partial charge in [-0.15, -0.1) is 0 Å². The van der Waals surface area contributed by atoms with Crippen LogP contribution in [0.15, 0.2) is 6.33 Å². The number of carbonyl (C=O) groups is 3. The molecular formula is C12H17N5O4. The summed E-state index contributed by atoms with van der Waals surface area (Å²) in [6.45, 7) is 3.90. The molecule has 21 heavy (non-hydrogen) atoms. The van der Waals surface area contributed by atoms with E-state index in [1.165, 1.54) is 11.2 Å². The van der Waals surface area contributed by atoms with E-state index >= 15 is 0 Å². The highest BCUT2D eigenvalue weighted by Gasteiger charge is 2.28. The van der Waals surface area contributed by atoms with Gasteiger partial charge in [0.05, 0.1) is 6.33 Å². The molecule has 0 unspecified atom stereocenters. The number of rotatable bonds is 3. The number of aromatic carboxylic acids is 1. The van der Waals surface area contributed by atoms with E-state index < -0.39 is 11.9 Å². The Balaban J connectivity index is 1.99. The third kappa shape index (κ3) is 3.12. The quantitative estimate of drug-likeness (QED) is 0.701. The van der Waals surface area contributed by atoms with Gasteiger partial charge in [-0.2, -0.15) is 0 Å². The highest BCUT2D eigenvalue weighted by atomic mass is 16.4. The first-order valence-electron chi connectivity index (χ1n) is 6.63. The maximum atomic E-state index is 12.2. The van der Waals surface area contributed by atoms with E-state index in [0.29, 0.717) is 32.7 Å². The van der Waals surface area contributed by atoms with Gasteiger partial charge < -0.3 is 25.2 Å². The third-order valence-electron chi connectivity index (χ3n) is 3.24. The van der Waals surface area contributed by atoms with Crippen LogP contribution in [-0.2, 0) is 0 Å². The molecule has 114 valence electrons.